The van der Waals surface area contributed by atoms with Crippen LogP contribution in [0, 0.1) is 5.82 Å². The molecule has 4 heteroatoms. The van der Waals surface area contributed by atoms with E-state index < -0.39 is 0 Å². The van der Waals surface area contributed by atoms with Crippen LogP contribution in [0.25, 0.3) is 0 Å². The number of rotatable bonds is 4. The third kappa shape index (κ3) is 2.77. The first-order valence-corrected chi connectivity index (χ1v) is 5.18. The third-order valence-electron chi connectivity index (χ3n) is 1.97. The largest absolute Gasteiger partial charge is 0.374 e. The highest BCUT2D eigenvalue weighted by molar-refractivity contribution is 9.10. The smallest absolute Gasteiger partial charge is 0.128 e. The molecule has 14 heavy (non-hydrogen) atoms. The van der Waals surface area contributed by atoms with Gasteiger partial charge in [0.2, 0.25) is 0 Å². The Morgan fingerprint density at radius 2 is 2.36 bits per heavy atom. The number of hydrogen-bond donors (Lipinski definition) is 0. The number of halogens is 2. The Bertz CT molecular complexity index is 326. The summed E-state index contributed by atoms with van der Waals surface area (Å²) in [6, 6.07) is 4.82. The van der Waals surface area contributed by atoms with Gasteiger partial charge in [0.25, 0.3) is 0 Å². The molecule has 0 radical (unpaired) electrons. The highest BCUT2D eigenvalue weighted by atomic mass is 79.9. The van der Waals surface area contributed by atoms with E-state index in [-0.39, 0.29) is 11.9 Å². The molecule has 1 heterocycles. The number of epoxide rings is 1. The fourth-order valence-corrected chi connectivity index (χ4v) is 1.53. The average molecular weight is 261 g/mol. The van der Waals surface area contributed by atoms with E-state index in [1.807, 2.05) is 0 Å². The Balaban J connectivity index is 1.89. The van der Waals surface area contributed by atoms with E-state index >= 15 is 0 Å². The van der Waals surface area contributed by atoms with Crippen LogP contribution >= 0.6 is 15.9 Å². The van der Waals surface area contributed by atoms with Crippen molar-refractivity contribution in [3.8, 4) is 0 Å². The second-order valence-corrected chi connectivity index (χ2v) is 4.12. The summed E-state index contributed by atoms with van der Waals surface area (Å²) in [5.74, 6) is -0.232. The van der Waals surface area contributed by atoms with Crippen molar-refractivity contribution in [1.29, 1.82) is 0 Å². The maximum Gasteiger partial charge on any atom is 0.128 e. The molecule has 0 bridgehead atoms. The summed E-state index contributed by atoms with van der Waals surface area (Å²) in [7, 11) is 0. The predicted octanol–water partition coefficient (Wildman–Crippen LogP) is 2.50. The minimum Gasteiger partial charge on any atom is -0.374 e. The first-order chi connectivity index (χ1) is 6.75. The van der Waals surface area contributed by atoms with Crippen molar-refractivity contribution in [3.05, 3.63) is 34.1 Å². The summed E-state index contributed by atoms with van der Waals surface area (Å²) in [6.07, 6.45) is 0.227. The second kappa shape index (κ2) is 4.38. The third-order valence-corrected chi connectivity index (χ3v) is 2.46. The van der Waals surface area contributed by atoms with E-state index in [2.05, 4.69) is 15.9 Å². The normalized spacial score (nSPS) is 19.7. The van der Waals surface area contributed by atoms with Crippen molar-refractivity contribution >= 4 is 15.9 Å². The maximum absolute atomic E-state index is 13.2. The van der Waals surface area contributed by atoms with Gasteiger partial charge in [0.15, 0.2) is 0 Å². The zero-order valence-corrected chi connectivity index (χ0v) is 9.09. The van der Waals surface area contributed by atoms with Crippen molar-refractivity contribution < 1.29 is 13.9 Å². The van der Waals surface area contributed by atoms with Gasteiger partial charge in [-0.3, -0.25) is 0 Å². The van der Waals surface area contributed by atoms with E-state index in [9.17, 15) is 4.39 Å². The lowest BCUT2D eigenvalue weighted by atomic mass is 10.2. The molecule has 1 aromatic carbocycles. The first-order valence-electron chi connectivity index (χ1n) is 4.39. The zero-order valence-electron chi connectivity index (χ0n) is 7.50. The SMILES string of the molecule is Fc1ccc(Br)cc1COC[C@@H]1CO1. The lowest BCUT2D eigenvalue weighted by Gasteiger charge is -2.04. The molecule has 1 aliphatic rings. The Morgan fingerprint density at radius 3 is 3.07 bits per heavy atom. The second-order valence-electron chi connectivity index (χ2n) is 3.21. The monoisotopic (exact) mass is 260 g/mol. The van der Waals surface area contributed by atoms with Crippen LogP contribution in [-0.2, 0) is 16.1 Å². The van der Waals surface area contributed by atoms with E-state index in [1.165, 1.54) is 6.07 Å². The molecular weight excluding hydrogens is 251 g/mol. The van der Waals surface area contributed by atoms with Crippen molar-refractivity contribution in [3.63, 3.8) is 0 Å². The predicted molar refractivity (Wildman–Crippen MR) is 53.5 cm³/mol. The molecule has 1 atom stereocenters. The molecule has 0 N–H and O–H groups in total. The van der Waals surface area contributed by atoms with E-state index in [4.69, 9.17) is 9.47 Å². The molecule has 0 unspecified atom stereocenters. The van der Waals surface area contributed by atoms with Crippen molar-refractivity contribution in [2.45, 2.75) is 12.7 Å². The van der Waals surface area contributed by atoms with Crippen LogP contribution in [0.1, 0.15) is 5.56 Å². The summed E-state index contributed by atoms with van der Waals surface area (Å²) >= 11 is 3.28. The average Bonchev–Trinajstić information content (AvgIpc) is 2.95. The van der Waals surface area contributed by atoms with Crippen LogP contribution in [-0.4, -0.2) is 19.3 Å². The summed E-state index contributed by atoms with van der Waals surface area (Å²) < 4.78 is 24.3. The molecule has 1 saturated heterocycles. The Labute approximate surface area is 90.1 Å². The van der Waals surface area contributed by atoms with E-state index in [0.29, 0.717) is 18.8 Å². The van der Waals surface area contributed by atoms with Gasteiger partial charge in [0.05, 0.1) is 19.8 Å². The van der Waals surface area contributed by atoms with Gasteiger partial charge in [-0.05, 0) is 18.2 Å². The minimum absolute atomic E-state index is 0.227. The molecule has 0 saturated carbocycles. The van der Waals surface area contributed by atoms with E-state index in [1.54, 1.807) is 12.1 Å². The van der Waals surface area contributed by atoms with Gasteiger partial charge < -0.3 is 9.47 Å². The van der Waals surface area contributed by atoms with Crippen molar-refractivity contribution in [1.82, 2.24) is 0 Å². The Hall–Kier alpha value is -0.450. The van der Waals surface area contributed by atoms with Crippen LogP contribution in [0.15, 0.2) is 22.7 Å². The van der Waals surface area contributed by atoms with Gasteiger partial charge in [-0.25, -0.2) is 4.39 Å². The quantitative estimate of drug-likeness (QED) is 0.777. The summed E-state index contributed by atoms with van der Waals surface area (Å²) in [6.45, 7) is 1.61. The highest BCUT2D eigenvalue weighted by Gasteiger charge is 2.22. The van der Waals surface area contributed by atoms with E-state index in [0.717, 1.165) is 11.1 Å². The topological polar surface area (TPSA) is 21.8 Å². The molecule has 0 amide bonds. The van der Waals surface area contributed by atoms with Crippen molar-refractivity contribution in [2.24, 2.45) is 0 Å². The van der Waals surface area contributed by atoms with Gasteiger partial charge in [-0.15, -0.1) is 0 Å². The fourth-order valence-electron chi connectivity index (χ4n) is 1.12. The molecule has 0 aromatic heterocycles. The molecule has 76 valence electrons. The van der Waals surface area contributed by atoms with Crippen LogP contribution in [0.4, 0.5) is 4.39 Å². The molecular formula is C10H10BrFO2. The standard InChI is InChI=1S/C10H10BrFO2/c11-8-1-2-10(12)7(3-8)4-13-5-9-6-14-9/h1-3,9H,4-6H2/t9-/m1/s1. The number of ether oxygens (including phenoxy) is 2. The zero-order chi connectivity index (χ0) is 9.97. The maximum atomic E-state index is 13.2. The Morgan fingerprint density at radius 1 is 1.57 bits per heavy atom. The lowest BCUT2D eigenvalue weighted by Crippen LogP contribution is -2.02. The van der Waals surface area contributed by atoms with Gasteiger partial charge in [-0.1, -0.05) is 15.9 Å². The van der Waals surface area contributed by atoms with Crippen LogP contribution in [0.3, 0.4) is 0 Å². The van der Waals surface area contributed by atoms with Gasteiger partial charge in [0, 0.05) is 10.0 Å². The summed E-state index contributed by atoms with van der Waals surface area (Å²) in [5.41, 5.74) is 0.569. The highest BCUT2D eigenvalue weighted by Crippen LogP contribution is 2.17. The molecule has 0 aliphatic carbocycles. The van der Waals surface area contributed by atoms with Crippen molar-refractivity contribution in [2.75, 3.05) is 13.2 Å². The number of hydrogen-bond acceptors (Lipinski definition) is 2. The van der Waals surface area contributed by atoms with Gasteiger partial charge in [0.1, 0.15) is 11.9 Å². The van der Waals surface area contributed by atoms with Crippen LogP contribution in [0.5, 0.6) is 0 Å². The molecule has 1 aliphatic heterocycles. The molecule has 2 rings (SSSR count). The van der Waals surface area contributed by atoms with Crippen LogP contribution < -0.4 is 0 Å². The molecule has 1 fully saturated rings. The summed E-state index contributed by atoms with van der Waals surface area (Å²) in [4.78, 5) is 0. The number of benzene rings is 1. The molecule has 0 spiro atoms. The van der Waals surface area contributed by atoms with Gasteiger partial charge >= 0.3 is 0 Å². The lowest BCUT2D eigenvalue weighted by molar-refractivity contribution is 0.102. The molecule has 2 nitrogen and oxygen atoms in total. The molecule has 1 aromatic rings. The first kappa shape index (κ1) is 10.1. The Kier molecular flexibility index (Phi) is 3.15. The van der Waals surface area contributed by atoms with Gasteiger partial charge in [-0.2, -0.15) is 0 Å². The minimum atomic E-state index is -0.232. The fraction of sp³-hybridized carbons (Fsp3) is 0.400. The summed E-state index contributed by atoms with van der Waals surface area (Å²) in [5, 5.41) is 0. The van der Waals surface area contributed by atoms with Crippen LogP contribution in [0.2, 0.25) is 0 Å².